The number of esters is 1. The summed E-state index contributed by atoms with van der Waals surface area (Å²) in [5.41, 5.74) is 6.37. The summed E-state index contributed by atoms with van der Waals surface area (Å²) in [6.07, 6.45) is 1.54. The molecule has 0 aliphatic heterocycles. The lowest BCUT2D eigenvalue weighted by molar-refractivity contribution is -0.142. The second kappa shape index (κ2) is 4.09. The van der Waals surface area contributed by atoms with Crippen LogP contribution in [0, 0.1) is 6.92 Å². The Labute approximate surface area is 76.7 Å². The topological polar surface area (TPSA) is 65.5 Å². The van der Waals surface area contributed by atoms with Crippen molar-refractivity contribution in [2.24, 2.45) is 5.73 Å². The van der Waals surface area contributed by atoms with Crippen LogP contribution in [0.15, 0.2) is 16.7 Å². The highest BCUT2D eigenvalue weighted by Gasteiger charge is 2.24. The third-order valence-corrected chi connectivity index (χ3v) is 1.94. The van der Waals surface area contributed by atoms with Gasteiger partial charge in [0, 0.05) is 6.54 Å². The SMILES string of the molecule is COC(=O)C(CN)c1occc1C. The number of carbonyl (C=O) groups is 1. The minimum absolute atomic E-state index is 0.195. The van der Waals surface area contributed by atoms with Gasteiger partial charge in [-0.15, -0.1) is 0 Å². The minimum Gasteiger partial charge on any atom is -0.468 e. The van der Waals surface area contributed by atoms with Crippen molar-refractivity contribution in [1.82, 2.24) is 0 Å². The van der Waals surface area contributed by atoms with Gasteiger partial charge in [0.05, 0.1) is 13.4 Å². The average Bonchev–Trinajstić information content (AvgIpc) is 2.53. The molecule has 2 N–H and O–H groups in total. The van der Waals surface area contributed by atoms with E-state index in [1.54, 1.807) is 6.07 Å². The van der Waals surface area contributed by atoms with Gasteiger partial charge in [-0.05, 0) is 18.6 Å². The molecule has 4 nitrogen and oxygen atoms in total. The Kier molecular flexibility index (Phi) is 3.08. The van der Waals surface area contributed by atoms with Gasteiger partial charge in [0.25, 0.3) is 0 Å². The van der Waals surface area contributed by atoms with Crippen LogP contribution in [0.2, 0.25) is 0 Å². The highest BCUT2D eigenvalue weighted by Crippen LogP contribution is 2.20. The number of furan rings is 1. The summed E-state index contributed by atoms with van der Waals surface area (Å²) in [5.74, 6) is -0.255. The number of rotatable bonds is 3. The number of methoxy groups -OCH3 is 1. The van der Waals surface area contributed by atoms with Gasteiger partial charge < -0.3 is 14.9 Å². The number of hydrogen-bond acceptors (Lipinski definition) is 4. The molecule has 0 fully saturated rings. The molecule has 4 heteroatoms. The van der Waals surface area contributed by atoms with E-state index in [-0.39, 0.29) is 12.5 Å². The van der Waals surface area contributed by atoms with Crippen molar-refractivity contribution in [3.8, 4) is 0 Å². The molecule has 1 unspecified atom stereocenters. The van der Waals surface area contributed by atoms with Crippen molar-refractivity contribution in [2.75, 3.05) is 13.7 Å². The maximum Gasteiger partial charge on any atom is 0.317 e. The van der Waals surface area contributed by atoms with Gasteiger partial charge >= 0.3 is 5.97 Å². The smallest absolute Gasteiger partial charge is 0.317 e. The molecular weight excluding hydrogens is 170 g/mol. The van der Waals surface area contributed by atoms with Crippen molar-refractivity contribution in [3.63, 3.8) is 0 Å². The second-order valence-electron chi connectivity index (χ2n) is 2.78. The van der Waals surface area contributed by atoms with E-state index in [1.165, 1.54) is 13.4 Å². The van der Waals surface area contributed by atoms with Gasteiger partial charge in [-0.1, -0.05) is 0 Å². The molecule has 1 atom stereocenters. The van der Waals surface area contributed by atoms with E-state index >= 15 is 0 Å². The van der Waals surface area contributed by atoms with Gasteiger partial charge in [0.2, 0.25) is 0 Å². The minimum atomic E-state index is -0.486. The first-order chi connectivity index (χ1) is 6.20. The summed E-state index contributed by atoms with van der Waals surface area (Å²) in [6.45, 7) is 2.06. The van der Waals surface area contributed by atoms with Crippen molar-refractivity contribution >= 4 is 5.97 Å². The molecule has 0 aliphatic carbocycles. The van der Waals surface area contributed by atoms with Crippen LogP contribution in [0.5, 0.6) is 0 Å². The zero-order valence-electron chi connectivity index (χ0n) is 7.74. The Balaban J connectivity index is 2.90. The monoisotopic (exact) mass is 183 g/mol. The summed E-state index contributed by atoms with van der Waals surface area (Å²) in [5, 5.41) is 0. The van der Waals surface area contributed by atoms with Crippen molar-refractivity contribution < 1.29 is 13.9 Å². The standard InChI is InChI=1S/C9H13NO3/c1-6-3-4-13-8(6)7(5-10)9(11)12-2/h3-4,7H,5,10H2,1-2H3. The zero-order valence-corrected chi connectivity index (χ0v) is 7.74. The van der Waals surface area contributed by atoms with Crippen LogP contribution in [-0.2, 0) is 9.53 Å². The van der Waals surface area contributed by atoms with Crippen LogP contribution < -0.4 is 5.73 Å². The van der Waals surface area contributed by atoms with Crippen LogP contribution in [0.25, 0.3) is 0 Å². The zero-order chi connectivity index (χ0) is 9.84. The number of hydrogen-bond donors (Lipinski definition) is 1. The predicted octanol–water partition coefficient (Wildman–Crippen LogP) is 0.803. The largest absolute Gasteiger partial charge is 0.468 e. The lowest BCUT2D eigenvalue weighted by Gasteiger charge is -2.09. The molecule has 0 spiro atoms. The summed E-state index contributed by atoms with van der Waals surface area (Å²) >= 11 is 0. The third kappa shape index (κ3) is 1.89. The quantitative estimate of drug-likeness (QED) is 0.704. The molecule has 0 saturated carbocycles. The second-order valence-corrected chi connectivity index (χ2v) is 2.78. The summed E-state index contributed by atoms with van der Waals surface area (Å²) in [4.78, 5) is 11.2. The highest BCUT2D eigenvalue weighted by atomic mass is 16.5. The predicted molar refractivity (Wildman–Crippen MR) is 47.3 cm³/mol. The average molecular weight is 183 g/mol. The maximum absolute atomic E-state index is 11.2. The Morgan fingerprint density at radius 1 is 1.77 bits per heavy atom. The number of aryl methyl sites for hydroxylation is 1. The van der Waals surface area contributed by atoms with Crippen LogP contribution in [0.1, 0.15) is 17.2 Å². The van der Waals surface area contributed by atoms with E-state index in [1.807, 2.05) is 6.92 Å². The Bertz CT molecular complexity index is 293. The highest BCUT2D eigenvalue weighted by molar-refractivity contribution is 5.77. The van der Waals surface area contributed by atoms with Gasteiger partial charge in [0.15, 0.2) is 0 Å². The molecule has 0 bridgehead atoms. The lowest BCUT2D eigenvalue weighted by atomic mass is 10.0. The number of carbonyl (C=O) groups excluding carboxylic acids is 1. The van der Waals surface area contributed by atoms with E-state index in [0.717, 1.165) is 5.56 Å². The molecule has 1 aromatic rings. The third-order valence-electron chi connectivity index (χ3n) is 1.94. The first-order valence-electron chi connectivity index (χ1n) is 4.02. The van der Waals surface area contributed by atoms with Gasteiger partial charge in [-0.2, -0.15) is 0 Å². The summed E-state index contributed by atoms with van der Waals surface area (Å²) in [7, 11) is 1.34. The molecule has 0 amide bonds. The van der Waals surface area contributed by atoms with E-state index in [4.69, 9.17) is 10.2 Å². The Hall–Kier alpha value is -1.29. The van der Waals surface area contributed by atoms with E-state index in [0.29, 0.717) is 5.76 Å². The fourth-order valence-corrected chi connectivity index (χ4v) is 1.19. The van der Waals surface area contributed by atoms with Gasteiger partial charge in [0.1, 0.15) is 11.7 Å². The molecular formula is C9H13NO3. The molecule has 1 aromatic heterocycles. The number of ether oxygens (including phenoxy) is 1. The Morgan fingerprint density at radius 2 is 2.46 bits per heavy atom. The van der Waals surface area contributed by atoms with E-state index in [2.05, 4.69) is 4.74 Å². The molecule has 0 aliphatic rings. The molecule has 1 rings (SSSR count). The van der Waals surface area contributed by atoms with Crippen LogP contribution in [0.4, 0.5) is 0 Å². The van der Waals surface area contributed by atoms with E-state index < -0.39 is 5.92 Å². The van der Waals surface area contributed by atoms with Crippen LogP contribution in [0.3, 0.4) is 0 Å². The van der Waals surface area contributed by atoms with Crippen molar-refractivity contribution in [1.29, 1.82) is 0 Å². The van der Waals surface area contributed by atoms with Gasteiger partial charge in [-0.3, -0.25) is 4.79 Å². The normalized spacial score (nSPS) is 12.5. The van der Waals surface area contributed by atoms with Crippen LogP contribution >= 0.6 is 0 Å². The van der Waals surface area contributed by atoms with Crippen molar-refractivity contribution in [3.05, 3.63) is 23.7 Å². The molecule has 0 radical (unpaired) electrons. The molecule has 0 saturated heterocycles. The molecule has 0 aromatic carbocycles. The molecule has 13 heavy (non-hydrogen) atoms. The Morgan fingerprint density at radius 3 is 2.85 bits per heavy atom. The maximum atomic E-state index is 11.2. The summed E-state index contributed by atoms with van der Waals surface area (Å²) in [6, 6.07) is 1.79. The summed E-state index contributed by atoms with van der Waals surface area (Å²) < 4.78 is 9.76. The van der Waals surface area contributed by atoms with E-state index in [9.17, 15) is 4.79 Å². The first kappa shape index (κ1) is 9.80. The van der Waals surface area contributed by atoms with Crippen LogP contribution in [-0.4, -0.2) is 19.6 Å². The fraction of sp³-hybridized carbons (Fsp3) is 0.444. The van der Waals surface area contributed by atoms with Crippen molar-refractivity contribution in [2.45, 2.75) is 12.8 Å². The fourth-order valence-electron chi connectivity index (χ4n) is 1.19. The molecule has 1 heterocycles. The number of nitrogens with two attached hydrogens (primary N) is 1. The van der Waals surface area contributed by atoms with Gasteiger partial charge in [-0.25, -0.2) is 0 Å². The lowest BCUT2D eigenvalue weighted by Crippen LogP contribution is -2.22. The first-order valence-corrected chi connectivity index (χ1v) is 4.02. The molecule has 72 valence electrons.